The Hall–Kier alpha value is -1.11. The first-order valence-corrected chi connectivity index (χ1v) is 8.73. The van der Waals surface area contributed by atoms with Gasteiger partial charge in [-0.25, -0.2) is 0 Å². The molecule has 0 bridgehead atoms. The molecule has 0 atom stereocenters. The lowest BCUT2D eigenvalue weighted by Gasteiger charge is -2.05. The van der Waals surface area contributed by atoms with E-state index in [1.807, 2.05) is 25.2 Å². The number of rotatable bonds is 2. The largest absolute Gasteiger partial charge is 0.383 e. The molecular weight excluding hydrogens is 414 g/mol. The monoisotopic (exact) mass is 425 g/mol. The zero-order chi connectivity index (χ0) is 15.1. The lowest BCUT2D eigenvalue weighted by atomic mass is 10.0. The number of nitrogens with zero attached hydrogens (tertiary/aromatic N) is 2. The molecule has 0 aliphatic heterocycles. The average molecular weight is 427 g/mol. The van der Waals surface area contributed by atoms with Gasteiger partial charge < -0.3 is 5.73 Å². The molecule has 0 spiro atoms. The summed E-state index contributed by atoms with van der Waals surface area (Å²) in [4.78, 5) is 1.11. The minimum atomic E-state index is 0.666. The van der Waals surface area contributed by atoms with Gasteiger partial charge in [-0.1, -0.05) is 34.1 Å². The normalized spacial score (nSPS) is 11.0. The van der Waals surface area contributed by atoms with Crippen LogP contribution >= 0.6 is 43.2 Å². The topological polar surface area (TPSA) is 43.8 Å². The fraction of sp³-hybridized carbons (Fsp3) is 0.133. The van der Waals surface area contributed by atoms with Crippen LogP contribution < -0.4 is 5.73 Å². The van der Waals surface area contributed by atoms with Crippen molar-refractivity contribution in [3.05, 3.63) is 44.2 Å². The standard InChI is InChI=1S/C15H13Br2N3S/c1-8-7-11(21-14(8)17)13-12(15(18)20(2)19-13)9-5-3-4-6-10(9)16/h3-7H,18H2,1-2H3. The zero-order valence-corrected chi connectivity index (χ0v) is 15.5. The Morgan fingerprint density at radius 3 is 2.57 bits per heavy atom. The summed E-state index contributed by atoms with van der Waals surface area (Å²) >= 11 is 8.86. The Labute approximate surface area is 144 Å². The van der Waals surface area contributed by atoms with Gasteiger partial charge in [-0.2, -0.15) is 5.10 Å². The lowest BCUT2D eigenvalue weighted by Crippen LogP contribution is -1.98. The Morgan fingerprint density at radius 1 is 1.24 bits per heavy atom. The first kappa shape index (κ1) is 14.8. The minimum absolute atomic E-state index is 0.666. The van der Waals surface area contributed by atoms with Crippen LogP contribution in [0.1, 0.15) is 5.56 Å². The molecule has 0 unspecified atom stereocenters. The van der Waals surface area contributed by atoms with Crippen molar-refractivity contribution in [1.82, 2.24) is 9.78 Å². The summed E-state index contributed by atoms with van der Waals surface area (Å²) in [6, 6.07) is 10.2. The predicted octanol–water partition coefficient (Wildman–Crippen LogP) is 5.23. The number of nitrogen functional groups attached to an aromatic ring is 1. The molecule has 3 rings (SSSR count). The second kappa shape index (κ2) is 5.59. The van der Waals surface area contributed by atoms with E-state index >= 15 is 0 Å². The maximum absolute atomic E-state index is 6.26. The van der Waals surface area contributed by atoms with Gasteiger partial charge in [0.05, 0.1) is 14.2 Å². The average Bonchev–Trinajstić information content (AvgIpc) is 2.93. The van der Waals surface area contributed by atoms with E-state index in [1.54, 1.807) is 16.0 Å². The highest BCUT2D eigenvalue weighted by Crippen LogP contribution is 2.43. The summed E-state index contributed by atoms with van der Waals surface area (Å²) in [6.07, 6.45) is 0. The van der Waals surface area contributed by atoms with Crippen LogP contribution in [0.5, 0.6) is 0 Å². The third-order valence-electron chi connectivity index (χ3n) is 3.33. The van der Waals surface area contributed by atoms with Crippen molar-refractivity contribution in [1.29, 1.82) is 0 Å². The summed E-state index contributed by atoms with van der Waals surface area (Å²) in [5.41, 5.74) is 10.4. The highest BCUT2D eigenvalue weighted by molar-refractivity contribution is 9.11. The molecule has 0 radical (unpaired) electrons. The molecule has 21 heavy (non-hydrogen) atoms. The van der Waals surface area contributed by atoms with Gasteiger partial charge >= 0.3 is 0 Å². The van der Waals surface area contributed by atoms with Crippen LogP contribution in [-0.4, -0.2) is 9.78 Å². The SMILES string of the molecule is Cc1cc(-c2nn(C)c(N)c2-c2ccccc2Br)sc1Br. The van der Waals surface area contributed by atoms with E-state index in [1.165, 1.54) is 5.56 Å². The van der Waals surface area contributed by atoms with Crippen molar-refractivity contribution in [3.63, 3.8) is 0 Å². The molecule has 2 heterocycles. The molecule has 0 fully saturated rings. The molecule has 0 aliphatic rings. The molecule has 0 saturated heterocycles. The number of aryl methyl sites for hydroxylation is 2. The van der Waals surface area contributed by atoms with Crippen LogP contribution in [-0.2, 0) is 7.05 Å². The summed E-state index contributed by atoms with van der Waals surface area (Å²) in [7, 11) is 1.87. The molecule has 108 valence electrons. The van der Waals surface area contributed by atoms with Crippen LogP contribution in [0.15, 0.2) is 38.6 Å². The molecule has 3 nitrogen and oxygen atoms in total. The fourth-order valence-corrected chi connectivity index (χ4v) is 4.22. The quantitative estimate of drug-likeness (QED) is 0.609. The molecule has 0 amide bonds. The third-order valence-corrected chi connectivity index (χ3v) is 6.16. The number of aromatic nitrogens is 2. The number of anilines is 1. The summed E-state index contributed by atoms with van der Waals surface area (Å²) in [5, 5.41) is 4.61. The van der Waals surface area contributed by atoms with Crippen molar-refractivity contribution in [2.75, 3.05) is 5.73 Å². The highest BCUT2D eigenvalue weighted by atomic mass is 79.9. The second-order valence-electron chi connectivity index (χ2n) is 4.78. The molecule has 1 aromatic carbocycles. The number of halogens is 2. The molecule has 0 aliphatic carbocycles. The Balaban J connectivity index is 2.28. The number of nitrogens with two attached hydrogens (primary N) is 1. The van der Waals surface area contributed by atoms with Gasteiger partial charge in [0.2, 0.25) is 0 Å². The third kappa shape index (κ3) is 2.56. The van der Waals surface area contributed by atoms with Crippen LogP contribution in [0.3, 0.4) is 0 Å². The van der Waals surface area contributed by atoms with Gasteiger partial charge in [0.15, 0.2) is 0 Å². The van der Waals surface area contributed by atoms with Crippen molar-refractivity contribution < 1.29 is 0 Å². The first-order chi connectivity index (χ1) is 9.99. The Bertz CT molecular complexity index is 801. The predicted molar refractivity (Wildman–Crippen MR) is 96.5 cm³/mol. The zero-order valence-electron chi connectivity index (χ0n) is 11.5. The molecule has 2 N–H and O–H groups in total. The molecule has 0 saturated carbocycles. The first-order valence-electron chi connectivity index (χ1n) is 6.32. The molecule has 6 heteroatoms. The van der Waals surface area contributed by atoms with E-state index in [4.69, 9.17) is 5.73 Å². The van der Waals surface area contributed by atoms with Crippen molar-refractivity contribution >= 4 is 49.0 Å². The maximum Gasteiger partial charge on any atom is 0.129 e. The van der Waals surface area contributed by atoms with E-state index < -0.39 is 0 Å². The van der Waals surface area contributed by atoms with Gasteiger partial charge in [-0.3, -0.25) is 4.68 Å². The highest BCUT2D eigenvalue weighted by Gasteiger charge is 2.20. The van der Waals surface area contributed by atoms with E-state index in [0.717, 1.165) is 30.0 Å². The summed E-state index contributed by atoms with van der Waals surface area (Å²) < 4.78 is 3.87. The fourth-order valence-electron chi connectivity index (χ4n) is 2.22. The van der Waals surface area contributed by atoms with Crippen molar-refractivity contribution in [3.8, 4) is 21.7 Å². The van der Waals surface area contributed by atoms with Gasteiger partial charge in [-0.15, -0.1) is 11.3 Å². The van der Waals surface area contributed by atoms with Crippen LogP contribution in [0.4, 0.5) is 5.82 Å². The van der Waals surface area contributed by atoms with Gasteiger partial charge in [-0.05, 0) is 40.5 Å². The van der Waals surface area contributed by atoms with Crippen LogP contribution in [0.2, 0.25) is 0 Å². The van der Waals surface area contributed by atoms with Crippen LogP contribution in [0.25, 0.3) is 21.7 Å². The number of benzene rings is 1. The van der Waals surface area contributed by atoms with Gasteiger partial charge in [0.1, 0.15) is 11.5 Å². The molecule has 3 aromatic rings. The van der Waals surface area contributed by atoms with Crippen molar-refractivity contribution in [2.45, 2.75) is 6.92 Å². The van der Waals surface area contributed by atoms with Gasteiger partial charge in [0, 0.05) is 17.1 Å². The van der Waals surface area contributed by atoms with Crippen molar-refractivity contribution in [2.24, 2.45) is 7.05 Å². The Kier molecular flexibility index (Phi) is 3.94. The Morgan fingerprint density at radius 2 is 1.95 bits per heavy atom. The number of thiophene rings is 1. The number of hydrogen-bond acceptors (Lipinski definition) is 3. The van der Waals surface area contributed by atoms with Gasteiger partial charge in [0.25, 0.3) is 0 Å². The summed E-state index contributed by atoms with van der Waals surface area (Å²) in [5.74, 6) is 0.666. The van der Waals surface area contributed by atoms with E-state index in [2.05, 4.69) is 56.0 Å². The second-order valence-corrected chi connectivity index (χ2v) is 8.00. The number of hydrogen-bond donors (Lipinski definition) is 1. The molecular formula is C15H13Br2N3S. The van der Waals surface area contributed by atoms with Crippen LogP contribution in [0, 0.1) is 6.92 Å². The van der Waals surface area contributed by atoms with E-state index in [-0.39, 0.29) is 0 Å². The molecule has 2 aromatic heterocycles. The lowest BCUT2D eigenvalue weighted by molar-refractivity contribution is 0.783. The minimum Gasteiger partial charge on any atom is -0.383 e. The van der Waals surface area contributed by atoms with E-state index in [9.17, 15) is 0 Å². The summed E-state index contributed by atoms with van der Waals surface area (Å²) in [6.45, 7) is 2.08. The smallest absolute Gasteiger partial charge is 0.129 e. The van der Waals surface area contributed by atoms with E-state index in [0.29, 0.717) is 5.82 Å². The maximum atomic E-state index is 6.26.